The third-order valence-corrected chi connectivity index (χ3v) is 3.29. The highest BCUT2D eigenvalue weighted by atomic mass is 79.9. The second-order valence-corrected chi connectivity index (χ2v) is 5.16. The molecule has 1 aromatic carbocycles. The molecule has 0 radical (unpaired) electrons. The highest BCUT2D eigenvalue weighted by Gasteiger charge is 2.07. The molecule has 0 fully saturated rings. The lowest BCUT2D eigenvalue weighted by Crippen LogP contribution is -1.97. The second-order valence-electron chi connectivity index (χ2n) is 3.93. The van der Waals surface area contributed by atoms with Crippen molar-refractivity contribution in [2.45, 2.75) is 19.6 Å². The molecule has 0 aliphatic carbocycles. The molecule has 1 heterocycles. The predicted molar refractivity (Wildman–Crippen MR) is 77.3 cm³/mol. The van der Waals surface area contributed by atoms with E-state index in [1.807, 2.05) is 19.1 Å². The van der Waals surface area contributed by atoms with Crippen LogP contribution in [0.4, 0.5) is 0 Å². The van der Waals surface area contributed by atoms with E-state index in [-0.39, 0.29) is 0 Å². The Morgan fingerprint density at radius 2 is 1.94 bits per heavy atom. The lowest BCUT2D eigenvalue weighted by molar-refractivity contribution is 1.00. The van der Waals surface area contributed by atoms with Crippen LogP contribution in [0.5, 0.6) is 0 Å². The van der Waals surface area contributed by atoms with Crippen molar-refractivity contribution in [1.29, 1.82) is 0 Å². The third-order valence-electron chi connectivity index (χ3n) is 2.52. The molecule has 0 bridgehead atoms. The zero-order chi connectivity index (χ0) is 12.4. The van der Waals surface area contributed by atoms with E-state index >= 15 is 0 Å². The van der Waals surface area contributed by atoms with Gasteiger partial charge in [-0.2, -0.15) is 12.6 Å². The zero-order valence-electron chi connectivity index (χ0n) is 9.74. The maximum absolute atomic E-state index is 4.52. The summed E-state index contributed by atoms with van der Waals surface area (Å²) in [6.07, 6.45) is 0. The number of nitrogens with zero attached hydrogens (tertiary/aromatic N) is 2. The lowest BCUT2D eigenvalue weighted by Gasteiger charge is -2.08. The van der Waals surface area contributed by atoms with Gasteiger partial charge in [0.15, 0.2) is 0 Å². The molecule has 0 N–H and O–H groups in total. The molecule has 0 saturated carbocycles. The van der Waals surface area contributed by atoms with E-state index in [1.54, 1.807) is 0 Å². The normalized spacial score (nSPS) is 10.6. The molecular formula is C13H13BrN2S. The molecule has 0 atom stereocenters. The zero-order valence-corrected chi connectivity index (χ0v) is 12.2. The van der Waals surface area contributed by atoms with Gasteiger partial charge < -0.3 is 0 Å². The van der Waals surface area contributed by atoms with Crippen molar-refractivity contribution < 1.29 is 0 Å². The monoisotopic (exact) mass is 308 g/mol. The van der Waals surface area contributed by atoms with E-state index in [2.05, 4.69) is 57.6 Å². The Morgan fingerprint density at radius 3 is 2.65 bits per heavy atom. The summed E-state index contributed by atoms with van der Waals surface area (Å²) in [5.74, 6) is 1.32. The van der Waals surface area contributed by atoms with Crippen LogP contribution in [0.3, 0.4) is 0 Å². The van der Waals surface area contributed by atoms with Crippen molar-refractivity contribution in [1.82, 2.24) is 9.97 Å². The Kier molecular flexibility index (Phi) is 3.84. The molecule has 0 saturated heterocycles. The molecule has 0 aliphatic heterocycles. The molecule has 2 rings (SSSR count). The van der Waals surface area contributed by atoms with Gasteiger partial charge in [0.1, 0.15) is 5.82 Å². The number of aryl methyl sites for hydroxylation is 2. The smallest absolute Gasteiger partial charge is 0.138 e. The molecular weight excluding hydrogens is 296 g/mol. The number of hydrogen-bond acceptors (Lipinski definition) is 3. The largest absolute Gasteiger partial charge is 0.237 e. The van der Waals surface area contributed by atoms with Crippen molar-refractivity contribution in [3.8, 4) is 11.3 Å². The van der Waals surface area contributed by atoms with Gasteiger partial charge in [0.05, 0.1) is 11.4 Å². The number of rotatable bonds is 2. The van der Waals surface area contributed by atoms with Crippen molar-refractivity contribution in [2.24, 2.45) is 0 Å². The van der Waals surface area contributed by atoms with Gasteiger partial charge in [-0.15, -0.1) is 0 Å². The standard InChI is InChI=1S/C13H13BrN2S/c1-8-3-4-10(14)6-11(8)12-5-9(2)15-13(7-17)16-12/h3-6,17H,7H2,1-2H3. The number of halogens is 1. The number of benzene rings is 1. The summed E-state index contributed by atoms with van der Waals surface area (Å²) in [6, 6.07) is 8.20. The van der Waals surface area contributed by atoms with Crippen LogP contribution in [0.15, 0.2) is 28.7 Å². The molecule has 0 spiro atoms. The first kappa shape index (κ1) is 12.6. The van der Waals surface area contributed by atoms with Crippen LogP contribution >= 0.6 is 28.6 Å². The molecule has 2 aromatic rings. The molecule has 88 valence electrons. The Morgan fingerprint density at radius 1 is 1.18 bits per heavy atom. The highest BCUT2D eigenvalue weighted by Crippen LogP contribution is 2.25. The molecule has 0 amide bonds. The Labute approximate surface area is 115 Å². The molecule has 4 heteroatoms. The maximum atomic E-state index is 4.52. The molecule has 0 unspecified atom stereocenters. The Balaban J connectivity index is 2.59. The minimum atomic E-state index is 0.557. The summed E-state index contributed by atoms with van der Waals surface area (Å²) in [5, 5.41) is 0. The van der Waals surface area contributed by atoms with E-state index in [4.69, 9.17) is 0 Å². The first-order chi connectivity index (χ1) is 8.10. The molecule has 0 aliphatic rings. The van der Waals surface area contributed by atoms with Crippen LogP contribution in [0, 0.1) is 13.8 Å². The molecule has 2 nitrogen and oxygen atoms in total. The van der Waals surface area contributed by atoms with Gasteiger partial charge in [0.25, 0.3) is 0 Å². The van der Waals surface area contributed by atoms with Gasteiger partial charge in [-0.3, -0.25) is 0 Å². The fourth-order valence-electron chi connectivity index (χ4n) is 1.71. The van der Waals surface area contributed by atoms with Gasteiger partial charge in [0.2, 0.25) is 0 Å². The van der Waals surface area contributed by atoms with Gasteiger partial charge in [-0.1, -0.05) is 22.0 Å². The van der Waals surface area contributed by atoms with Crippen molar-refractivity contribution >= 4 is 28.6 Å². The number of aromatic nitrogens is 2. The first-order valence-corrected chi connectivity index (χ1v) is 6.74. The molecule has 1 aromatic heterocycles. The predicted octanol–water partition coefficient (Wildman–Crippen LogP) is 3.95. The van der Waals surface area contributed by atoms with Gasteiger partial charge in [-0.05, 0) is 37.6 Å². The fraction of sp³-hybridized carbons (Fsp3) is 0.231. The average Bonchev–Trinajstić information content (AvgIpc) is 2.31. The van der Waals surface area contributed by atoms with Crippen LogP contribution in [0.2, 0.25) is 0 Å². The van der Waals surface area contributed by atoms with E-state index in [0.29, 0.717) is 5.75 Å². The SMILES string of the molecule is Cc1cc(-c2cc(Br)ccc2C)nc(CS)n1. The lowest BCUT2D eigenvalue weighted by atomic mass is 10.1. The topological polar surface area (TPSA) is 25.8 Å². The quantitative estimate of drug-likeness (QED) is 0.850. The van der Waals surface area contributed by atoms with Crippen molar-refractivity contribution in [3.05, 3.63) is 45.8 Å². The van der Waals surface area contributed by atoms with E-state index < -0.39 is 0 Å². The van der Waals surface area contributed by atoms with Crippen LogP contribution in [-0.4, -0.2) is 9.97 Å². The van der Waals surface area contributed by atoms with E-state index in [9.17, 15) is 0 Å². The summed E-state index contributed by atoms with van der Waals surface area (Å²) in [6.45, 7) is 4.06. The van der Waals surface area contributed by atoms with E-state index in [1.165, 1.54) is 5.56 Å². The Bertz CT molecular complexity index is 555. The minimum Gasteiger partial charge on any atom is -0.237 e. The van der Waals surface area contributed by atoms with Crippen LogP contribution in [-0.2, 0) is 5.75 Å². The summed E-state index contributed by atoms with van der Waals surface area (Å²) < 4.78 is 1.06. The van der Waals surface area contributed by atoms with E-state index in [0.717, 1.165) is 27.2 Å². The maximum Gasteiger partial charge on any atom is 0.138 e. The highest BCUT2D eigenvalue weighted by molar-refractivity contribution is 9.10. The second kappa shape index (κ2) is 5.19. The van der Waals surface area contributed by atoms with Gasteiger partial charge in [-0.25, -0.2) is 9.97 Å². The third kappa shape index (κ3) is 2.87. The van der Waals surface area contributed by atoms with Gasteiger partial charge in [0, 0.05) is 15.7 Å². The van der Waals surface area contributed by atoms with Crippen LogP contribution in [0.25, 0.3) is 11.3 Å². The van der Waals surface area contributed by atoms with Gasteiger partial charge >= 0.3 is 0 Å². The van der Waals surface area contributed by atoms with Crippen LogP contribution < -0.4 is 0 Å². The van der Waals surface area contributed by atoms with Crippen molar-refractivity contribution in [2.75, 3.05) is 0 Å². The number of thiol groups is 1. The minimum absolute atomic E-state index is 0.557. The summed E-state index contributed by atoms with van der Waals surface area (Å²) >= 11 is 7.72. The summed E-state index contributed by atoms with van der Waals surface area (Å²) in [7, 11) is 0. The summed E-state index contributed by atoms with van der Waals surface area (Å²) in [5.41, 5.74) is 4.27. The number of hydrogen-bond donors (Lipinski definition) is 1. The Hall–Kier alpha value is -0.870. The first-order valence-electron chi connectivity index (χ1n) is 5.32. The van der Waals surface area contributed by atoms with Crippen LogP contribution in [0.1, 0.15) is 17.1 Å². The molecule has 17 heavy (non-hydrogen) atoms. The summed E-state index contributed by atoms with van der Waals surface area (Å²) in [4.78, 5) is 8.85. The fourth-order valence-corrected chi connectivity index (χ4v) is 2.21. The average molecular weight is 309 g/mol. The van der Waals surface area contributed by atoms with Crippen molar-refractivity contribution in [3.63, 3.8) is 0 Å².